The highest BCUT2D eigenvalue weighted by Crippen LogP contribution is 2.42. The Bertz CT molecular complexity index is 858. The number of unbranched alkanes of at least 4 members (excludes halogenated alkanes) is 1. The molecular weight excluding hydrogens is 446 g/mol. The summed E-state index contributed by atoms with van der Waals surface area (Å²) in [4.78, 5) is 25.8. The van der Waals surface area contributed by atoms with Gasteiger partial charge in [-0.25, -0.2) is 0 Å². The van der Waals surface area contributed by atoms with Gasteiger partial charge in [-0.15, -0.1) is 11.3 Å². The van der Waals surface area contributed by atoms with Crippen molar-refractivity contribution in [1.29, 1.82) is 0 Å². The molecule has 0 bridgehead atoms. The van der Waals surface area contributed by atoms with Crippen molar-refractivity contribution in [1.82, 2.24) is 4.90 Å². The number of carbonyl (C=O) groups is 2. The summed E-state index contributed by atoms with van der Waals surface area (Å²) in [5.74, 6) is -1.00. The minimum absolute atomic E-state index is 0.0311. The summed E-state index contributed by atoms with van der Waals surface area (Å²) >= 11 is 1.88. The smallest absolute Gasteiger partial charge is 0.303 e. The van der Waals surface area contributed by atoms with Crippen LogP contribution in [-0.4, -0.2) is 42.0 Å². The number of benzene rings is 1. The van der Waals surface area contributed by atoms with Gasteiger partial charge in [-0.05, 0) is 88.2 Å². The number of aliphatic carboxylic acids is 1. The lowest BCUT2D eigenvalue weighted by Crippen LogP contribution is -2.46. The van der Waals surface area contributed by atoms with Crippen molar-refractivity contribution in [3.05, 3.63) is 52.2 Å². The Morgan fingerprint density at radius 1 is 1.12 bits per heavy atom. The molecule has 0 saturated heterocycles. The summed E-state index contributed by atoms with van der Waals surface area (Å²) in [6.07, 6.45) is 8.73. The first-order valence-corrected chi connectivity index (χ1v) is 13.2. The van der Waals surface area contributed by atoms with E-state index in [1.807, 2.05) is 35.6 Å². The highest BCUT2D eigenvalue weighted by atomic mass is 32.1. The summed E-state index contributed by atoms with van der Waals surface area (Å²) in [5, 5.41) is 13.4. The fraction of sp³-hybridized carbons (Fsp3) is 0.556. The maximum Gasteiger partial charge on any atom is 0.303 e. The van der Waals surface area contributed by atoms with Crippen LogP contribution in [-0.2, 0) is 21.5 Å². The summed E-state index contributed by atoms with van der Waals surface area (Å²) < 4.78 is 0. The molecule has 1 aliphatic rings. The first-order valence-electron chi connectivity index (χ1n) is 12.3. The number of thiophene rings is 1. The lowest BCUT2D eigenvalue weighted by molar-refractivity contribution is -0.137. The standard InChI is InChI=1S/C15H21NO3.C12H20N2S/c1-2-3-5-12-8-10-13(11-9-12)16-14(17)6-4-7-15(18)19;1-14(2)12(11-4-3-9-15-11)7-5-10(13)6-8-12/h8-11H,2-7H2,1H3,(H,16,17)(H,18,19);3-4,9-10H,5-8,13H2,1-2H3. The Morgan fingerprint density at radius 2 is 1.79 bits per heavy atom. The van der Waals surface area contributed by atoms with Gasteiger partial charge in [0, 0.05) is 29.4 Å². The number of nitrogens with two attached hydrogens (primary N) is 1. The number of amides is 1. The lowest BCUT2D eigenvalue weighted by Gasteiger charge is -2.44. The molecule has 0 unspecified atom stereocenters. The Morgan fingerprint density at radius 3 is 2.32 bits per heavy atom. The predicted octanol–water partition coefficient (Wildman–Crippen LogP) is 5.63. The molecular formula is C27H41N3O3S. The number of carboxylic acids is 1. The number of nitrogens with zero attached hydrogens (tertiary/aromatic N) is 1. The molecule has 1 heterocycles. The fourth-order valence-electron chi connectivity index (χ4n) is 4.33. The molecule has 7 heteroatoms. The fourth-order valence-corrected chi connectivity index (χ4v) is 5.40. The molecule has 2 aromatic rings. The Labute approximate surface area is 208 Å². The normalized spacial score (nSPS) is 19.9. The highest BCUT2D eigenvalue weighted by Gasteiger charge is 2.38. The van der Waals surface area contributed by atoms with Crippen molar-refractivity contribution in [2.75, 3.05) is 19.4 Å². The number of carbonyl (C=O) groups excluding carboxylic acids is 1. The third-order valence-corrected chi connectivity index (χ3v) is 7.61. The second-order valence-corrected chi connectivity index (χ2v) is 10.3. The second kappa shape index (κ2) is 14.2. The van der Waals surface area contributed by atoms with Crippen LogP contribution in [0.3, 0.4) is 0 Å². The average Bonchev–Trinajstić information content (AvgIpc) is 3.35. The number of carboxylic acid groups (broad SMARTS) is 1. The zero-order chi connectivity index (χ0) is 25.0. The zero-order valence-corrected chi connectivity index (χ0v) is 21.7. The third kappa shape index (κ3) is 8.85. The summed E-state index contributed by atoms with van der Waals surface area (Å²) in [6, 6.07) is 12.6. The molecule has 188 valence electrons. The van der Waals surface area contributed by atoms with Gasteiger partial charge in [-0.1, -0.05) is 31.5 Å². The third-order valence-electron chi connectivity index (χ3n) is 6.54. The van der Waals surface area contributed by atoms with Crippen LogP contribution >= 0.6 is 11.3 Å². The number of anilines is 1. The molecule has 1 fully saturated rings. The van der Waals surface area contributed by atoms with E-state index in [0.29, 0.717) is 12.5 Å². The van der Waals surface area contributed by atoms with Crippen LogP contribution in [0.15, 0.2) is 41.8 Å². The summed E-state index contributed by atoms with van der Waals surface area (Å²) in [5.41, 5.74) is 8.28. The number of hydrogen-bond acceptors (Lipinski definition) is 5. The van der Waals surface area contributed by atoms with E-state index in [9.17, 15) is 9.59 Å². The molecule has 1 saturated carbocycles. The predicted molar refractivity (Wildman–Crippen MR) is 141 cm³/mol. The molecule has 0 radical (unpaired) electrons. The van der Waals surface area contributed by atoms with Crippen molar-refractivity contribution in [2.24, 2.45) is 5.73 Å². The molecule has 6 nitrogen and oxygen atoms in total. The second-order valence-electron chi connectivity index (χ2n) is 9.34. The van der Waals surface area contributed by atoms with Gasteiger partial charge in [0.05, 0.1) is 5.54 Å². The molecule has 4 N–H and O–H groups in total. The lowest BCUT2D eigenvalue weighted by atomic mass is 9.78. The topological polar surface area (TPSA) is 95.7 Å². The van der Waals surface area contributed by atoms with Gasteiger partial charge in [0.1, 0.15) is 0 Å². The quantitative estimate of drug-likeness (QED) is 0.404. The number of rotatable bonds is 10. The van der Waals surface area contributed by atoms with Gasteiger partial charge >= 0.3 is 5.97 Å². The van der Waals surface area contributed by atoms with E-state index >= 15 is 0 Å². The van der Waals surface area contributed by atoms with Gasteiger partial charge in [0.15, 0.2) is 0 Å². The summed E-state index contributed by atoms with van der Waals surface area (Å²) in [6.45, 7) is 2.16. The van der Waals surface area contributed by atoms with Crippen molar-refractivity contribution < 1.29 is 14.7 Å². The maximum absolute atomic E-state index is 11.5. The van der Waals surface area contributed by atoms with Crippen LogP contribution in [0, 0.1) is 0 Å². The zero-order valence-electron chi connectivity index (χ0n) is 20.9. The van der Waals surface area contributed by atoms with E-state index in [4.69, 9.17) is 10.8 Å². The summed E-state index contributed by atoms with van der Waals surface area (Å²) in [7, 11) is 4.38. The van der Waals surface area contributed by atoms with Crippen molar-refractivity contribution in [2.45, 2.75) is 82.7 Å². The van der Waals surface area contributed by atoms with Crippen LogP contribution in [0.4, 0.5) is 5.69 Å². The minimum atomic E-state index is -0.868. The van der Waals surface area contributed by atoms with Gasteiger partial charge < -0.3 is 16.2 Å². The molecule has 0 spiro atoms. The van der Waals surface area contributed by atoms with E-state index in [1.54, 1.807) is 0 Å². The van der Waals surface area contributed by atoms with E-state index in [0.717, 1.165) is 24.9 Å². The molecule has 1 aliphatic carbocycles. The maximum atomic E-state index is 11.5. The number of aryl methyl sites for hydroxylation is 1. The van der Waals surface area contributed by atoms with Crippen LogP contribution in [0.5, 0.6) is 0 Å². The average molecular weight is 488 g/mol. The van der Waals surface area contributed by atoms with E-state index in [2.05, 4.69) is 48.7 Å². The minimum Gasteiger partial charge on any atom is -0.481 e. The molecule has 1 aromatic heterocycles. The Kier molecular flexibility index (Phi) is 11.7. The molecule has 3 rings (SSSR count). The largest absolute Gasteiger partial charge is 0.481 e. The molecule has 0 atom stereocenters. The molecule has 1 amide bonds. The monoisotopic (exact) mass is 487 g/mol. The molecule has 0 aliphatic heterocycles. The van der Waals surface area contributed by atoms with Gasteiger partial charge in [-0.2, -0.15) is 0 Å². The van der Waals surface area contributed by atoms with Gasteiger partial charge in [0.25, 0.3) is 0 Å². The number of hydrogen-bond donors (Lipinski definition) is 3. The first-order chi connectivity index (χ1) is 16.3. The van der Waals surface area contributed by atoms with Crippen LogP contribution in [0.25, 0.3) is 0 Å². The van der Waals surface area contributed by atoms with Crippen LogP contribution < -0.4 is 11.1 Å². The highest BCUT2D eigenvalue weighted by molar-refractivity contribution is 7.10. The SMILES string of the molecule is CCCCc1ccc(NC(=O)CCCC(=O)O)cc1.CN(C)C1(c2cccs2)CCC(N)CC1. The van der Waals surface area contributed by atoms with Gasteiger partial charge in [-0.3, -0.25) is 14.5 Å². The Balaban J connectivity index is 0.000000246. The molecule has 34 heavy (non-hydrogen) atoms. The molecule has 1 aromatic carbocycles. The van der Waals surface area contributed by atoms with Crippen molar-refractivity contribution in [3.8, 4) is 0 Å². The van der Waals surface area contributed by atoms with Crippen molar-refractivity contribution >= 4 is 28.9 Å². The van der Waals surface area contributed by atoms with E-state index in [-0.39, 0.29) is 24.3 Å². The Hall–Kier alpha value is -2.22. The first kappa shape index (κ1) is 28.0. The van der Waals surface area contributed by atoms with Gasteiger partial charge in [0.2, 0.25) is 5.91 Å². The van der Waals surface area contributed by atoms with Crippen LogP contribution in [0.1, 0.15) is 75.2 Å². The van der Waals surface area contributed by atoms with E-state index < -0.39 is 5.97 Å². The number of nitrogens with one attached hydrogen (secondary N) is 1. The van der Waals surface area contributed by atoms with Crippen LogP contribution in [0.2, 0.25) is 0 Å². The van der Waals surface area contributed by atoms with Crippen molar-refractivity contribution in [3.63, 3.8) is 0 Å². The van der Waals surface area contributed by atoms with E-state index in [1.165, 1.54) is 36.1 Å².